The third-order valence-electron chi connectivity index (χ3n) is 4.46. The van der Waals surface area contributed by atoms with Crippen molar-refractivity contribution in [3.8, 4) is 0 Å². The number of aromatic nitrogens is 2. The maximum Gasteiger partial charge on any atom is 0.139 e. The molecule has 0 atom stereocenters. The molecule has 0 aliphatic heterocycles. The Morgan fingerprint density at radius 2 is 2.10 bits per heavy atom. The molecule has 3 rings (SSSR count). The smallest absolute Gasteiger partial charge is 0.139 e. The minimum atomic E-state index is -0.249. The summed E-state index contributed by atoms with van der Waals surface area (Å²) in [5.41, 5.74) is 1.65. The summed E-state index contributed by atoms with van der Waals surface area (Å²) in [5.74, 6) is 1.82. The van der Waals surface area contributed by atoms with Crippen LogP contribution in [0, 0.1) is 11.7 Å². The van der Waals surface area contributed by atoms with E-state index in [1.807, 2.05) is 0 Å². The molecule has 1 aromatic carbocycles. The van der Waals surface area contributed by atoms with Gasteiger partial charge in [-0.25, -0.2) is 9.37 Å². The van der Waals surface area contributed by atoms with Crippen LogP contribution < -0.4 is 0 Å². The van der Waals surface area contributed by atoms with Crippen molar-refractivity contribution < 1.29 is 4.39 Å². The van der Waals surface area contributed by atoms with Gasteiger partial charge >= 0.3 is 0 Å². The lowest BCUT2D eigenvalue weighted by molar-refractivity contribution is 0.458. The van der Waals surface area contributed by atoms with E-state index in [1.165, 1.54) is 32.1 Å². The quantitative estimate of drug-likeness (QED) is 0.619. The Kier molecular flexibility index (Phi) is 4.85. The van der Waals surface area contributed by atoms with Gasteiger partial charge in [0.1, 0.15) is 11.6 Å². The number of alkyl halides is 1. The van der Waals surface area contributed by atoms with Crippen LogP contribution in [0.1, 0.15) is 44.3 Å². The summed E-state index contributed by atoms with van der Waals surface area (Å²) in [6, 6.07) is 3.28. The number of benzene rings is 1. The Hall–Kier alpha value is -0.610. The predicted molar refractivity (Wildman–Crippen MR) is 88.1 cm³/mol. The fraction of sp³-hybridized carbons (Fsp3) is 0.562. The molecule has 0 unspecified atom stereocenters. The topological polar surface area (TPSA) is 17.8 Å². The number of rotatable bonds is 5. The molecule has 0 radical (unpaired) electrons. The van der Waals surface area contributed by atoms with Gasteiger partial charge in [-0.2, -0.15) is 0 Å². The van der Waals surface area contributed by atoms with Gasteiger partial charge in [-0.1, -0.05) is 25.7 Å². The average Bonchev–Trinajstić information content (AvgIpc) is 3.08. The largest absolute Gasteiger partial charge is 0.327 e. The highest BCUT2D eigenvalue weighted by molar-refractivity contribution is 9.10. The van der Waals surface area contributed by atoms with E-state index in [1.54, 1.807) is 12.1 Å². The molecule has 0 bridgehead atoms. The van der Waals surface area contributed by atoms with Crippen LogP contribution in [0.15, 0.2) is 16.6 Å². The maximum absolute atomic E-state index is 13.8. The summed E-state index contributed by atoms with van der Waals surface area (Å²) in [4.78, 5) is 4.52. The van der Waals surface area contributed by atoms with Crippen molar-refractivity contribution in [3.05, 3.63) is 28.2 Å². The van der Waals surface area contributed by atoms with Gasteiger partial charge in [-0.05, 0) is 40.8 Å². The molecular formula is C16H19BrClFN2. The van der Waals surface area contributed by atoms with Crippen LogP contribution in [-0.2, 0) is 12.4 Å². The number of imidazole rings is 1. The minimum Gasteiger partial charge on any atom is -0.327 e. The molecule has 1 aliphatic carbocycles. The normalized spacial score (nSPS) is 16.1. The van der Waals surface area contributed by atoms with Gasteiger partial charge in [-0.3, -0.25) is 0 Å². The average molecular weight is 374 g/mol. The Morgan fingerprint density at radius 1 is 1.33 bits per heavy atom. The van der Waals surface area contributed by atoms with E-state index in [0.29, 0.717) is 10.4 Å². The predicted octanol–water partition coefficient (Wildman–Crippen LogP) is 5.65. The van der Waals surface area contributed by atoms with Crippen molar-refractivity contribution in [1.29, 1.82) is 0 Å². The van der Waals surface area contributed by atoms with E-state index in [0.717, 1.165) is 35.7 Å². The number of fused-ring (bicyclic) bond motifs is 1. The Labute approximate surface area is 137 Å². The van der Waals surface area contributed by atoms with Crippen molar-refractivity contribution in [2.75, 3.05) is 0 Å². The lowest BCUT2D eigenvalue weighted by Gasteiger charge is -2.11. The second-order valence-electron chi connectivity index (χ2n) is 5.86. The van der Waals surface area contributed by atoms with Crippen LogP contribution >= 0.6 is 27.5 Å². The maximum atomic E-state index is 13.8. The molecule has 2 nitrogen and oxygen atoms in total. The molecule has 0 amide bonds. The summed E-state index contributed by atoms with van der Waals surface area (Å²) in [5, 5.41) is 0. The van der Waals surface area contributed by atoms with Crippen molar-refractivity contribution in [3.63, 3.8) is 0 Å². The van der Waals surface area contributed by atoms with Gasteiger partial charge in [0, 0.05) is 12.6 Å². The van der Waals surface area contributed by atoms with Gasteiger partial charge in [-0.15, -0.1) is 11.6 Å². The van der Waals surface area contributed by atoms with Crippen LogP contribution in [0.5, 0.6) is 0 Å². The standard InChI is InChI=1S/C16H19BrClFN2/c17-12-8-14-15(9-13(12)19)21(16(10-18)20-14)7-3-6-11-4-1-2-5-11/h8-9,11H,1-7,10H2. The zero-order valence-electron chi connectivity index (χ0n) is 11.9. The van der Waals surface area contributed by atoms with E-state index in [4.69, 9.17) is 11.6 Å². The van der Waals surface area contributed by atoms with Gasteiger partial charge in [0.15, 0.2) is 0 Å². The summed E-state index contributed by atoms with van der Waals surface area (Å²) in [6.07, 6.45) is 7.86. The SMILES string of the molecule is Fc1cc2c(cc1Br)nc(CCl)n2CCCC1CCCC1. The molecule has 114 valence electrons. The first-order valence-corrected chi connectivity index (χ1v) is 8.92. The molecular weight excluding hydrogens is 355 g/mol. The van der Waals surface area contributed by atoms with E-state index in [2.05, 4.69) is 25.5 Å². The van der Waals surface area contributed by atoms with E-state index < -0.39 is 0 Å². The molecule has 1 fully saturated rings. The summed E-state index contributed by atoms with van der Waals surface area (Å²) in [6.45, 7) is 0.871. The Bertz CT molecular complexity index is 635. The van der Waals surface area contributed by atoms with E-state index in [-0.39, 0.29) is 5.82 Å². The van der Waals surface area contributed by atoms with Crippen molar-refractivity contribution >= 4 is 38.6 Å². The number of hydrogen-bond donors (Lipinski definition) is 0. The Morgan fingerprint density at radius 3 is 2.81 bits per heavy atom. The Balaban J connectivity index is 1.80. The molecule has 1 aromatic heterocycles. The number of nitrogens with zero attached hydrogens (tertiary/aromatic N) is 2. The highest BCUT2D eigenvalue weighted by Gasteiger charge is 2.16. The first kappa shape index (κ1) is 15.3. The molecule has 21 heavy (non-hydrogen) atoms. The van der Waals surface area contributed by atoms with Crippen LogP contribution in [0.3, 0.4) is 0 Å². The molecule has 0 saturated heterocycles. The highest BCUT2D eigenvalue weighted by Crippen LogP contribution is 2.30. The molecule has 5 heteroatoms. The number of halogens is 3. The molecule has 1 saturated carbocycles. The van der Waals surface area contributed by atoms with E-state index in [9.17, 15) is 4.39 Å². The zero-order valence-corrected chi connectivity index (χ0v) is 14.3. The molecule has 0 spiro atoms. The van der Waals surface area contributed by atoms with Gasteiger partial charge in [0.05, 0.1) is 21.4 Å². The summed E-state index contributed by atoms with van der Waals surface area (Å²) < 4.78 is 16.3. The van der Waals surface area contributed by atoms with Crippen molar-refractivity contribution in [2.24, 2.45) is 5.92 Å². The van der Waals surface area contributed by atoms with Gasteiger partial charge in [0.25, 0.3) is 0 Å². The second kappa shape index (κ2) is 6.66. The fourth-order valence-corrected chi connectivity index (χ4v) is 3.89. The molecule has 1 aliphatic rings. The zero-order chi connectivity index (χ0) is 14.8. The molecule has 0 N–H and O–H groups in total. The van der Waals surface area contributed by atoms with E-state index >= 15 is 0 Å². The highest BCUT2D eigenvalue weighted by atomic mass is 79.9. The van der Waals surface area contributed by atoms with Crippen molar-refractivity contribution in [2.45, 2.75) is 50.9 Å². The third kappa shape index (κ3) is 3.26. The fourth-order valence-electron chi connectivity index (χ4n) is 3.36. The van der Waals surface area contributed by atoms with Crippen molar-refractivity contribution in [1.82, 2.24) is 9.55 Å². The van der Waals surface area contributed by atoms with Gasteiger partial charge in [0.2, 0.25) is 0 Å². The molecule has 2 aromatic rings. The third-order valence-corrected chi connectivity index (χ3v) is 5.30. The summed E-state index contributed by atoms with van der Waals surface area (Å²) in [7, 11) is 0. The lowest BCUT2D eigenvalue weighted by atomic mass is 10.0. The second-order valence-corrected chi connectivity index (χ2v) is 6.98. The van der Waals surface area contributed by atoms with Crippen LogP contribution in [0.4, 0.5) is 4.39 Å². The van der Waals surface area contributed by atoms with Crippen LogP contribution in [0.25, 0.3) is 11.0 Å². The first-order chi connectivity index (χ1) is 10.2. The molecule has 1 heterocycles. The lowest BCUT2D eigenvalue weighted by Crippen LogP contribution is -2.04. The summed E-state index contributed by atoms with van der Waals surface area (Å²) >= 11 is 9.21. The number of hydrogen-bond acceptors (Lipinski definition) is 1. The minimum absolute atomic E-state index is 0.249. The number of aryl methyl sites for hydroxylation is 1. The first-order valence-electron chi connectivity index (χ1n) is 7.59. The van der Waals surface area contributed by atoms with Crippen LogP contribution in [-0.4, -0.2) is 9.55 Å². The van der Waals surface area contributed by atoms with Crippen LogP contribution in [0.2, 0.25) is 0 Å². The van der Waals surface area contributed by atoms with Gasteiger partial charge < -0.3 is 4.57 Å². The monoisotopic (exact) mass is 372 g/mol.